The van der Waals surface area contributed by atoms with Crippen LogP contribution in [-0.2, 0) is 10.0 Å². The maximum atomic E-state index is 13.0. The number of carbonyl (C=O) groups is 1. The van der Waals surface area contributed by atoms with Crippen LogP contribution in [0.25, 0.3) is 0 Å². The standard InChI is InChI=1S/C18H22N4O3S4/c1-3-11-27-18-20-19-17(28-18)21-29(24,25)13-7-8-15(26-2)14(12-13)16(23)22-9-5-4-6-10-22/h3,7-8,12H,1,4-6,9-11H2,2H3,(H,19,21). The maximum Gasteiger partial charge on any atom is 0.263 e. The highest BCUT2D eigenvalue weighted by Gasteiger charge is 2.24. The molecule has 7 nitrogen and oxygen atoms in total. The second kappa shape index (κ2) is 9.96. The number of hydrogen-bond acceptors (Lipinski definition) is 8. The van der Waals surface area contributed by atoms with Gasteiger partial charge in [0.05, 0.1) is 10.5 Å². The molecule has 0 aliphatic carbocycles. The van der Waals surface area contributed by atoms with Crippen LogP contribution in [0.2, 0.25) is 0 Å². The third kappa shape index (κ3) is 5.53. The number of piperidine rings is 1. The highest BCUT2D eigenvalue weighted by Crippen LogP contribution is 2.29. The third-order valence-electron chi connectivity index (χ3n) is 4.31. The largest absolute Gasteiger partial charge is 0.339 e. The summed E-state index contributed by atoms with van der Waals surface area (Å²) in [5, 5.41) is 8.04. The molecule has 2 aromatic rings. The molecule has 156 valence electrons. The predicted octanol–water partition coefficient (Wildman–Crippen LogP) is 3.97. The number of aromatic nitrogens is 2. The number of nitrogens with one attached hydrogen (secondary N) is 1. The van der Waals surface area contributed by atoms with Gasteiger partial charge in [0.15, 0.2) is 4.34 Å². The summed E-state index contributed by atoms with van der Waals surface area (Å²) in [6.45, 7) is 5.06. The Morgan fingerprint density at radius 1 is 1.31 bits per heavy atom. The summed E-state index contributed by atoms with van der Waals surface area (Å²) in [7, 11) is -3.88. The van der Waals surface area contributed by atoms with Gasteiger partial charge in [-0.3, -0.25) is 9.52 Å². The number of anilines is 1. The van der Waals surface area contributed by atoms with Crippen molar-refractivity contribution in [3.05, 3.63) is 36.4 Å². The fourth-order valence-electron chi connectivity index (χ4n) is 2.90. The molecule has 0 unspecified atom stereocenters. The number of thioether (sulfide) groups is 2. The second-order valence-corrected chi connectivity index (χ2v) is 11.1. The van der Waals surface area contributed by atoms with E-state index in [1.807, 2.05) is 6.26 Å². The van der Waals surface area contributed by atoms with Crippen LogP contribution in [0.1, 0.15) is 29.6 Å². The van der Waals surface area contributed by atoms with E-state index in [9.17, 15) is 13.2 Å². The Labute approximate surface area is 183 Å². The first-order chi connectivity index (χ1) is 13.9. The Morgan fingerprint density at radius 2 is 2.07 bits per heavy atom. The van der Waals surface area contributed by atoms with Crippen molar-refractivity contribution in [2.75, 3.05) is 29.8 Å². The van der Waals surface area contributed by atoms with Crippen LogP contribution in [-0.4, -0.2) is 54.5 Å². The topological polar surface area (TPSA) is 92.3 Å². The molecule has 0 bridgehead atoms. The van der Waals surface area contributed by atoms with Gasteiger partial charge >= 0.3 is 0 Å². The van der Waals surface area contributed by atoms with E-state index in [-0.39, 0.29) is 15.9 Å². The normalized spacial score (nSPS) is 14.6. The van der Waals surface area contributed by atoms with Crippen LogP contribution < -0.4 is 4.72 Å². The molecule has 3 rings (SSSR count). The lowest BCUT2D eigenvalue weighted by Crippen LogP contribution is -2.36. The lowest BCUT2D eigenvalue weighted by atomic mass is 10.1. The van der Waals surface area contributed by atoms with Crippen LogP contribution in [0.5, 0.6) is 0 Å². The molecule has 29 heavy (non-hydrogen) atoms. The highest BCUT2D eigenvalue weighted by atomic mass is 32.2. The molecular formula is C18H22N4O3S4. The summed E-state index contributed by atoms with van der Waals surface area (Å²) >= 11 is 4.02. The van der Waals surface area contributed by atoms with Gasteiger partial charge in [-0.2, -0.15) is 0 Å². The Kier molecular flexibility index (Phi) is 7.60. The number of rotatable bonds is 8. The van der Waals surface area contributed by atoms with Gasteiger partial charge in [-0.15, -0.1) is 28.5 Å². The van der Waals surface area contributed by atoms with Crippen molar-refractivity contribution >= 4 is 55.9 Å². The van der Waals surface area contributed by atoms with Crippen LogP contribution >= 0.6 is 34.9 Å². The van der Waals surface area contributed by atoms with Crippen molar-refractivity contribution in [2.24, 2.45) is 0 Å². The van der Waals surface area contributed by atoms with E-state index >= 15 is 0 Å². The summed E-state index contributed by atoms with van der Waals surface area (Å²) in [5.74, 6) is 0.546. The van der Waals surface area contributed by atoms with Crippen LogP contribution in [0.3, 0.4) is 0 Å². The molecule has 1 aliphatic heterocycles. The molecule has 0 atom stereocenters. The van der Waals surface area contributed by atoms with Gasteiger partial charge < -0.3 is 4.90 Å². The summed E-state index contributed by atoms with van der Waals surface area (Å²) in [6, 6.07) is 4.65. The summed E-state index contributed by atoms with van der Waals surface area (Å²) in [6.07, 6.45) is 6.68. The van der Waals surface area contributed by atoms with Gasteiger partial charge in [-0.1, -0.05) is 29.2 Å². The lowest BCUT2D eigenvalue weighted by Gasteiger charge is -2.27. The molecule has 1 amide bonds. The minimum atomic E-state index is -3.88. The SMILES string of the molecule is C=CCSc1nnc(NS(=O)(=O)c2ccc(SC)c(C(=O)N3CCCCC3)c2)s1. The quantitative estimate of drug-likeness (QED) is 0.461. The van der Waals surface area contributed by atoms with Crippen LogP contribution in [0.15, 0.2) is 45.0 Å². The van der Waals surface area contributed by atoms with Gasteiger partial charge in [-0.05, 0) is 43.7 Å². The van der Waals surface area contributed by atoms with E-state index in [2.05, 4.69) is 21.5 Å². The van der Waals surface area contributed by atoms with Gasteiger partial charge in [0.25, 0.3) is 15.9 Å². The Balaban J connectivity index is 1.84. The smallest absolute Gasteiger partial charge is 0.263 e. The summed E-state index contributed by atoms with van der Waals surface area (Å²) < 4.78 is 28.8. The van der Waals surface area contributed by atoms with Crippen molar-refractivity contribution < 1.29 is 13.2 Å². The minimum Gasteiger partial charge on any atom is -0.339 e. The predicted molar refractivity (Wildman–Crippen MR) is 120 cm³/mol. The van der Waals surface area contributed by atoms with Gasteiger partial charge in [0.2, 0.25) is 5.13 Å². The molecule has 2 heterocycles. The van der Waals surface area contributed by atoms with Crippen molar-refractivity contribution in [1.29, 1.82) is 0 Å². The molecular weight excluding hydrogens is 448 g/mol. The molecule has 0 spiro atoms. The molecule has 1 aliphatic rings. The number of benzene rings is 1. The molecule has 0 radical (unpaired) electrons. The van der Waals surface area contributed by atoms with E-state index in [1.54, 1.807) is 17.0 Å². The Hall–Kier alpha value is -1.56. The number of amides is 1. The van der Waals surface area contributed by atoms with Crippen molar-refractivity contribution in [3.63, 3.8) is 0 Å². The Bertz CT molecular complexity index is 985. The molecule has 1 aromatic carbocycles. The van der Waals surface area contributed by atoms with E-state index in [4.69, 9.17) is 0 Å². The fourth-order valence-corrected chi connectivity index (χ4v) is 6.24. The molecule has 1 aromatic heterocycles. The minimum absolute atomic E-state index is 0.0335. The van der Waals surface area contributed by atoms with Crippen molar-refractivity contribution in [3.8, 4) is 0 Å². The monoisotopic (exact) mass is 470 g/mol. The molecule has 11 heteroatoms. The number of nitrogens with zero attached hydrogens (tertiary/aromatic N) is 3. The number of sulfonamides is 1. The van der Waals surface area contributed by atoms with Crippen LogP contribution in [0.4, 0.5) is 5.13 Å². The zero-order chi connectivity index (χ0) is 20.9. The van der Waals surface area contributed by atoms with Crippen LogP contribution in [0, 0.1) is 0 Å². The highest BCUT2D eigenvalue weighted by molar-refractivity contribution is 8.01. The Morgan fingerprint density at radius 3 is 2.76 bits per heavy atom. The van der Waals surface area contributed by atoms with E-state index in [1.165, 1.54) is 35.7 Å². The van der Waals surface area contributed by atoms with Gasteiger partial charge in [0, 0.05) is 23.7 Å². The lowest BCUT2D eigenvalue weighted by molar-refractivity contribution is 0.0720. The van der Waals surface area contributed by atoms with Gasteiger partial charge in [0.1, 0.15) is 0 Å². The molecule has 1 saturated heterocycles. The van der Waals surface area contributed by atoms with E-state index < -0.39 is 10.0 Å². The van der Waals surface area contributed by atoms with E-state index in [0.29, 0.717) is 28.7 Å². The van der Waals surface area contributed by atoms with Gasteiger partial charge in [-0.25, -0.2) is 8.42 Å². The maximum absolute atomic E-state index is 13.0. The number of carbonyl (C=O) groups excluding carboxylic acids is 1. The third-order valence-corrected chi connectivity index (χ3v) is 8.54. The zero-order valence-electron chi connectivity index (χ0n) is 16.0. The average Bonchev–Trinajstić information content (AvgIpc) is 3.18. The molecule has 1 N–H and O–H groups in total. The fraction of sp³-hybridized carbons (Fsp3) is 0.389. The average molecular weight is 471 g/mol. The van der Waals surface area contributed by atoms with E-state index in [0.717, 1.165) is 35.5 Å². The zero-order valence-corrected chi connectivity index (χ0v) is 19.2. The number of likely N-dealkylation sites (tertiary alicyclic amines) is 1. The first-order valence-electron chi connectivity index (χ1n) is 9.02. The summed E-state index contributed by atoms with van der Waals surface area (Å²) in [4.78, 5) is 15.6. The molecule has 1 fully saturated rings. The second-order valence-electron chi connectivity index (χ2n) is 6.29. The van der Waals surface area contributed by atoms with Crippen molar-refractivity contribution in [2.45, 2.75) is 33.4 Å². The number of hydrogen-bond donors (Lipinski definition) is 1. The first kappa shape index (κ1) is 22.1. The first-order valence-corrected chi connectivity index (χ1v) is 13.5. The molecule has 0 saturated carbocycles. The summed E-state index contributed by atoms with van der Waals surface area (Å²) in [5.41, 5.74) is 0.418. The van der Waals surface area contributed by atoms with Crippen molar-refractivity contribution in [1.82, 2.24) is 15.1 Å².